The summed E-state index contributed by atoms with van der Waals surface area (Å²) in [5.41, 5.74) is -2.73. The minimum Gasteiger partial charge on any atom is -0.479 e. The van der Waals surface area contributed by atoms with E-state index in [4.69, 9.17) is 9.84 Å². The van der Waals surface area contributed by atoms with Crippen LogP contribution in [0.25, 0.3) is 5.69 Å². The van der Waals surface area contributed by atoms with Crippen LogP contribution in [-0.2, 0) is 14.3 Å². The monoisotopic (exact) mass is 398 g/mol. The van der Waals surface area contributed by atoms with E-state index in [-0.39, 0.29) is 29.2 Å². The van der Waals surface area contributed by atoms with Crippen LogP contribution in [0.2, 0.25) is 0 Å². The first kappa shape index (κ1) is 19.6. The molecule has 2 N–H and O–H groups in total. The third-order valence-electron chi connectivity index (χ3n) is 4.39. The van der Waals surface area contributed by atoms with Gasteiger partial charge in [-0.25, -0.2) is 9.48 Å². The zero-order valence-electron chi connectivity index (χ0n) is 14.5. The molecule has 3 rings (SSSR count). The standard InChI is InChI=1S/C16H16F2N4O6/c1-16(12(24)13(25)26)14(27)20(6-7-28-16)10-4-5-22(19-10)9-2-3-11(23)21(8-9)15(17)18/h2-5,8,12,15,24H,6-7H2,1H3,(H,25,26). The van der Waals surface area contributed by atoms with Crippen molar-refractivity contribution in [1.82, 2.24) is 14.3 Å². The van der Waals surface area contributed by atoms with Crippen molar-refractivity contribution in [3.63, 3.8) is 0 Å². The fourth-order valence-corrected chi connectivity index (χ4v) is 2.81. The Labute approximate surface area is 156 Å². The number of aliphatic hydroxyl groups excluding tert-OH is 1. The predicted molar refractivity (Wildman–Crippen MR) is 89.4 cm³/mol. The molecule has 1 aliphatic heterocycles. The van der Waals surface area contributed by atoms with Gasteiger partial charge in [-0.15, -0.1) is 5.10 Å². The lowest BCUT2D eigenvalue weighted by molar-refractivity contribution is -0.181. The van der Waals surface area contributed by atoms with E-state index in [1.165, 1.54) is 23.0 Å². The van der Waals surface area contributed by atoms with Gasteiger partial charge in [-0.1, -0.05) is 0 Å². The highest BCUT2D eigenvalue weighted by Crippen LogP contribution is 2.27. The number of alkyl halides is 2. The summed E-state index contributed by atoms with van der Waals surface area (Å²) in [6.45, 7) is -1.86. The number of morpholine rings is 1. The van der Waals surface area contributed by atoms with Crippen LogP contribution in [0.1, 0.15) is 13.5 Å². The molecule has 2 aromatic heterocycles. The maximum absolute atomic E-state index is 12.9. The number of hydrogen-bond acceptors (Lipinski definition) is 6. The topological polar surface area (TPSA) is 127 Å². The van der Waals surface area contributed by atoms with E-state index in [9.17, 15) is 28.3 Å². The summed E-state index contributed by atoms with van der Waals surface area (Å²) in [5.74, 6) is -2.32. The van der Waals surface area contributed by atoms with Gasteiger partial charge >= 0.3 is 12.5 Å². The largest absolute Gasteiger partial charge is 0.479 e. The molecule has 0 spiro atoms. The number of carbonyl (C=O) groups excluding carboxylic acids is 1. The predicted octanol–water partition coefficient (Wildman–Crippen LogP) is -0.00350. The highest BCUT2D eigenvalue weighted by Gasteiger charge is 2.51. The number of halogens is 2. The van der Waals surface area contributed by atoms with Gasteiger partial charge in [0.25, 0.3) is 11.5 Å². The minimum absolute atomic E-state index is 0.0459. The summed E-state index contributed by atoms with van der Waals surface area (Å²) in [6, 6.07) is 3.66. The SMILES string of the molecule is CC1(C(O)C(=O)O)OCCN(c2ccn(-c3ccc(=O)n(C(F)F)c3)n2)C1=O. The van der Waals surface area contributed by atoms with Crippen molar-refractivity contribution in [2.24, 2.45) is 0 Å². The average Bonchev–Trinajstić information content (AvgIpc) is 3.13. The number of amides is 1. The number of carboxylic acids is 1. The molecule has 150 valence electrons. The summed E-state index contributed by atoms with van der Waals surface area (Å²) >= 11 is 0. The molecule has 28 heavy (non-hydrogen) atoms. The first-order valence-corrected chi connectivity index (χ1v) is 8.08. The van der Waals surface area contributed by atoms with E-state index in [0.717, 1.165) is 24.1 Å². The van der Waals surface area contributed by atoms with Crippen molar-refractivity contribution in [2.75, 3.05) is 18.1 Å². The van der Waals surface area contributed by atoms with Gasteiger partial charge in [-0.05, 0) is 13.0 Å². The number of aliphatic carboxylic acids is 1. The van der Waals surface area contributed by atoms with Crippen LogP contribution < -0.4 is 10.5 Å². The van der Waals surface area contributed by atoms with Gasteiger partial charge in [-0.2, -0.15) is 8.78 Å². The Kier molecular flexibility index (Phi) is 5.00. The highest BCUT2D eigenvalue weighted by atomic mass is 19.3. The number of ether oxygens (including phenoxy) is 1. The van der Waals surface area contributed by atoms with E-state index >= 15 is 0 Å². The molecule has 10 nitrogen and oxygen atoms in total. The normalized spacial score (nSPS) is 21.2. The van der Waals surface area contributed by atoms with Crippen molar-refractivity contribution in [1.29, 1.82) is 0 Å². The van der Waals surface area contributed by atoms with Crippen LogP contribution in [0.5, 0.6) is 0 Å². The molecule has 1 fully saturated rings. The molecule has 0 radical (unpaired) electrons. The molecule has 0 bridgehead atoms. The van der Waals surface area contributed by atoms with Crippen molar-refractivity contribution in [3.8, 4) is 5.69 Å². The highest BCUT2D eigenvalue weighted by molar-refractivity contribution is 6.02. The molecule has 0 saturated carbocycles. The van der Waals surface area contributed by atoms with Gasteiger partial charge in [0.15, 0.2) is 17.5 Å². The number of nitrogens with zero attached hydrogens (tertiary/aromatic N) is 4. The maximum Gasteiger partial charge on any atom is 0.336 e. The lowest BCUT2D eigenvalue weighted by atomic mass is 9.95. The molecule has 1 saturated heterocycles. The molecule has 2 aromatic rings. The van der Waals surface area contributed by atoms with E-state index in [2.05, 4.69) is 5.10 Å². The van der Waals surface area contributed by atoms with Gasteiger partial charge in [0.1, 0.15) is 0 Å². The second-order valence-corrected chi connectivity index (χ2v) is 6.18. The maximum atomic E-state index is 12.9. The fourth-order valence-electron chi connectivity index (χ4n) is 2.81. The first-order chi connectivity index (χ1) is 13.1. The third-order valence-corrected chi connectivity index (χ3v) is 4.39. The number of rotatable bonds is 5. The Balaban J connectivity index is 1.92. The Morgan fingerprint density at radius 1 is 1.32 bits per heavy atom. The van der Waals surface area contributed by atoms with E-state index in [1.54, 1.807) is 0 Å². The van der Waals surface area contributed by atoms with Gasteiger partial charge in [0.05, 0.1) is 18.8 Å². The molecule has 3 heterocycles. The summed E-state index contributed by atoms with van der Waals surface area (Å²) in [6.07, 6.45) is 0.224. The van der Waals surface area contributed by atoms with Crippen LogP contribution in [0.15, 0.2) is 35.4 Å². The van der Waals surface area contributed by atoms with E-state index in [0.29, 0.717) is 0 Å². The lowest BCUT2D eigenvalue weighted by Crippen LogP contribution is -2.63. The average molecular weight is 398 g/mol. The number of hydrogen-bond donors (Lipinski definition) is 2. The second kappa shape index (κ2) is 7.13. The molecule has 2 unspecified atom stereocenters. The molecule has 12 heteroatoms. The van der Waals surface area contributed by atoms with Crippen LogP contribution in [-0.4, -0.2) is 61.3 Å². The van der Waals surface area contributed by atoms with Crippen LogP contribution >= 0.6 is 0 Å². The number of carbonyl (C=O) groups is 2. The number of aliphatic hydroxyl groups is 1. The molecule has 1 amide bonds. The smallest absolute Gasteiger partial charge is 0.336 e. The summed E-state index contributed by atoms with van der Waals surface area (Å²) < 4.78 is 32.4. The van der Waals surface area contributed by atoms with Gasteiger partial charge in [0, 0.05) is 24.5 Å². The number of pyridine rings is 1. The third kappa shape index (κ3) is 3.27. The van der Waals surface area contributed by atoms with Gasteiger partial charge in [0.2, 0.25) is 0 Å². The van der Waals surface area contributed by atoms with Crippen molar-refractivity contribution >= 4 is 17.7 Å². The van der Waals surface area contributed by atoms with Crippen LogP contribution in [0.4, 0.5) is 14.6 Å². The van der Waals surface area contributed by atoms with E-state index < -0.39 is 35.7 Å². The van der Waals surface area contributed by atoms with Gasteiger partial charge in [-0.3, -0.25) is 19.1 Å². The second-order valence-electron chi connectivity index (χ2n) is 6.18. The summed E-state index contributed by atoms with van der Waals surface area (Å²) in [5, 5.41) is 23.0. The summed E-state index contributed by atoms with van der Waals surface area (Å²) in [7, 11) is 0. The molecule has 2 atom stereocenters. The molecule has 0 aromatic carbocycles. The zero-order chi connectivity index (χ0) is 20.6. The molecule has 1 aliphatic rings. The van der Waals surface area contributed by atoms with E-state index in [1.807, 2.05) is 0 Å². The zero-order valence-corrected chi connectivity index (χ0v) is 14.5. The number of carboxylic acid groups (broad SMARTS) is 1. The minimum atomic E-state index is -3.03. The first-order valence-electron chi connectivity index (χ1n) is 8.08. The quantitative estimate of drug-likeness (QED) is 0.726. The van der Waals surface area contributed by atoms with Crippen LogP contribution in [0, 0.1) is 0 Å². The van der Waals surface area contributed by atoms with Gasteiger partial charge < -0.3 is 14.9 Å². The van der Waals surface area contributed by atoms with Crippen LogP contribution in [0.3, 0.4) is 0 Å². The number of anilines is 1. The molecular weight excluding hydrogens is 382 g/mol. The van der Waals surface area contributed by atoms with Crippen molar-refractivity contribution in [3.05, 3.63) is 40.9 Å². The molecular formula is C16H16F2N4O6. The Bertz CT molecular complexity index is 974. The Hall–Kier alpha value is -3.12. The fraction of sp³-hybridized carbons (Fsp3) is 0.375. The Morgan fingerprint density at radius 3 is 2.68 bits per heavy atom. The van der Waals surface area contributed by atoms with Crippen molar-refractivity contribution < 1.29 is 33.3 Å². The summed E-state index contributed by atoms with van der Waals surface area (Å²) in [4.78, 5) is 36.4. The molecule has 0 aliphatic carbocycles. The van der Waals surface area contributed by atoms with Crippen molar-refractivity contribution in [2.45, 2.75) is 25.2 Å². The Morgan fingerprint density at radius 2 is 2.04 bits per heavy atom. The lowest BCUT2D eigenvalue weighted by Gasteiger charge is -2.39. The number of aromatic nitrogens is 3.